The zero-order chi connectivity index (χ0) is 20.7. The van der Waals surface area contributed by atoms with Crippen LogP contribution >= 0.6 is 0 Å². The van der Waals surface area contributed by atoms with Crippen molar-refractivity contribution in [2.24, 2.45) is 5.92 Å². The summed E-state index contributed by atoms with van der Waals surface area (Å²) in [5.41, 5.74) is 6.91. The SMILES string of the molecule is C=C1CC(/C=C/C(C)=C/C(=O)O)C(c2ccc3c(c2)C(C)(C)CCC3(C)C)C1. The molecule has 2 aliphatic carbocycles. The zero-order valence-electron chi connectivity index (χ0n) is 18.0. The van der Waals surface area contributed by atoms with Gasteiger partial charge in [0, 0.05) is 6.08 Å². The summed E-state index contributed by atoms with van der Waals surface area (Å²) in [4.78, 5) is 10.9. The molecular weight excluding hydrogens is 344 g/mol. The van der Waals surface area contributed by atoms with E-state index < -0.39 is 5.97 Å². The van der Waals surface area contributed by atoms with E-state index in [4.69, 9.17) is 5.11 Å². The van der Waals surface area contributed by atoms with Gasteiger partial charge >= 0.3 is 5.97 Å². The summed E-state index contributed by atoms with van der Waals surface area (Å²) >= 11 is 0. The van der Waals surface area contributed by atoms with Crippen molar-refractivity contribution in [3.05, 3.63) is 70.8 Å². The van der Waals surface area contributed by atoms with Crippen LogP contribution in [-0.4, -0.2) is 11.1 Å². The van der Waals surface area contributed by atoms with E-state index in [-0.39, 0.29) is 10.8 Å². The van der Waals surface area contributed by atoms with E-state index >= 15 is 0 Å². The van der Waals surface area contributed by atoms with Gasteiger partial charge in [0.25, 0.3) is 0 Å². The smallest absolute Gasteiger partial charge is 0.328 e. The standard InChI is InChI=1S/C26H34O2/c1-17(15-24(27)28)7-8-19-13-18(2)14-21(19)20-9-10-22-23(16-20)26(5,6)12-11-25(22,3)4/h7-10,15-16,19,21H,2,11-14H2,1,3-6H3,(H,27,28)/b8-7+,17-15+. The molecule has 1 saturated carbocycles. The molecule has 2 unspecified atom stereocenters. The van der Waals surface area contributed by atoms with Crippen LogP contribution in [0.5, 0.6) is 0 Å². The number of carbonyl (C=O) groups is 1. The minimum Gasteiger partial charge on any atom is -0.478 e. The van der Waals surface area contributed by atoms with Crippen molar-refractivity contribution < 1.29 is 9.90 Å². The average molecular weight is 379 g/mol. The highest BCUT2D eigenvalue weighted by molar-refractivity contribution is 5.81. The van der Waals surface area contributed by atoms with Crippen molar-refractivity contribution in [2.75, 3.05) is 0 Å². The van der Waals surface area contributed by atoms with Crippen molar-refractivity contribution in [3.63, 3.8) is 0 Å². The molecule has 0 spiro atoms. The van der Waals surface area contributed by atoms with E-state index in [2.05, 4.69) is 58.5 Å². The van der Waals surface area contributed by atoms with Crippen LogP contribution in [-0.2, 0) is 15.6 Å². The van der Waals surface area contributed by atoms with Gasteiger partial charge in [-0.25, -0.2) is 4.79 Å². The molecule has 28 heavy (non-hydrogen) atoms. The molecule has 150 valence electrons. The van der Waals surface area contributed by atoms with Gasteiger partial charge in [0.2, 0.25) is 0 Å². The molecule has 3 rings (SSSR count). The van der Waals surface area contributed by atoms with Gasteiger partial charge in [0.15, 0.2) is 0 Å². The van der Waals surface area contributed by atoms with Crippen molar-refractivity contribution in [1.82, 2.24) is 0 Å². The largest absolute Gasteiger partial charge is 0.478 e. The van der Waals surface area contributed by atoms with Gasteiger partial charge in [-0.1, -0.05) is 70.2 Å². The predicted molar refractivity (Wildman–Crippen MR) is 117 cm³/mol. The minimum absolute atomic E-state index is 0.211. The fourth-order valence-corrected chi connectivity index (χ4v) is 4.94. The summed E-state index contributed by atoms with van der Waals surface area (Å²) in [5, 5.41) is 8.93. The molecule has 0 aliphatic heterocycles. The summed E-state index contributed by atoms with van der Waals surface area (Å²) in [6, 6.07) is 7.15. The van der Waals surface area contributed by atoms with Crippen molar-refractivity contribution in [2.45, 2.75) is 77.0 Å². The Kier molecular flexibility index (Phi) is 5.44. The van der Waals surface area contributed by atoms with Crippen LogP contribution in [0, 0.1) is 5.92 Å². The zero-order valence-corrected chi connectivity index (χ0v) is 18.0. The molecule has 2 aliphatic rings. The van der Waals surface area contributed by atoms with Crippen LogP contribution in [0.25, 0.3) is 0 Å². The molecule has 1 fully saturated rings. The lowest BCUT2D eigenvalue weighted by atomic mass is 9.62. The molecule has 0 bridgehead atoms. The Balaban J connectivity index is 1.95. The van der Waals surface area contributed by atoms with Gasteiger partial charge in [-0.05, 0) is 77.5 Å². The number of hydrogen-bond acceptors (Lipinski definition) is 1. The number of allylic oxidation sites excluding steroid dienone is 4. The number of hydrogen-bond donors (Lipinski definition) is 1. The Morgan fingerprint density at radius 2 is 1.75 bits per heavy atom. The first-order valence-corrected chi connectivity index (χ1v) is 10.4. The Labute approximate surface area is 170 Å². The molecule has 2 heteroatoms. The summed E-state index contributed by atoms with van der Waals surface area (Å²) in [5.74, 6) is -0.0935. The number of carboxylic acids is 1. The monoisotopic (exact) mass is 378 g/mol. The number of rotatable bonds is 4. The first-order valence-electron chi connectivity index (χ1n) is 10.4. The Morgan fingerprint density at radius 3 is 2.39 bits per heavy atom. The Hall–Kier alpha value is -2.09. The van der Waals surface area contributed by atoms with Crippen LogP contribution in [0.1, 0.15) is 82.9 Å². The van der Waals surface area contributed by atoms with E-state index in [1.165, 1.54) is 41.2 Å². The first kappa shape index (κ1) is 20.6. The van der Waals surface area contributed by atoms with Gasteiger partial charge in [0.1, 0.15) is 0 Å². The van der Waals surface area contributed by atoms with E-state index in [9.17, 15) is 4.79 Å². The third kappa shape index (κ3) is 4.16. The Morgan fingerprint density at radius 1 is 1.11 bits per heavy atom. The highest BCUT2D eigenvalue weighted by Gasteiger charge is 2.38. The summed E-state index contributed by atoms with van der Waals surface area (Å²) in [6.07, 6.45) is 9.84. The number of aliphatic carboxylic acids is 1. The maximum Gasteiger partial charge on any atom is 0.328 e. The lowest BCUT2D eigenvalue weighted by Crippen LogP contribution is -2.34. The molecule has 0 aromatic heterocycles. The normalized spacial score (nSPS) is 26.5. The van der Waals surface area contributed by atoms with E-state index in [1.807, 2.05) is 13.0 Å². The summed E-state index contributed by atoms with van der Waals surface area (Å²) < 4.78 is 0. The molecule has 0 saturated heterocycles. The lowest BCUT2D eigenvalue weighted by molar-refractivity contribution is -0.131. The highest BCUT2D eigenvalue weighted by atomic mass is 16.4. The summed E-state index contributed by atoms with van der Waals surface area (Å²) in [6.45, 7) is 15.6. The van der Waals surface area contributed by atoms with Crippen LogP contribution in [0.4, 0.5) is 0 Å². The third-order valence-corrected chi connectivity index (χ3v) is 6.81. The van der Waals surface area contributed by atoms with Crippen LogP contribution < -0.4 is 0 Å². The molecule has 0 radical (unpaired) electrons. The molecular formula is C26H34O2. The third-order valence-electron chi connectivity index (χ3n) is 6.81. The molecule has 1 aromatic carbocycles. The molecule has 1 N–H and O–H groups in total. The summed E-state index contributed by atoms with van der Waals surface area (Å²) in [7, 11) is 0. The van der Waals surface area contributed by atoms with Crippen LogP contribution in [0.3, 0.4) is 0 Å². The fourth-order valence-electron chi connectivity index (χ4n) is 4.94. The Bertz CT molecular complexity index is 851. The van der Waals surface area contributed by atoms with Crippen LogP contribution in [0.15, 0.2) is 54.2 Å². The van der Waals surface area contributed by atoms with Gasteiger partial charge in [0.05, 0.1) is 0 Å². The predicted octanol–water partition coefficient (Wildman–Crippen LogP) is 6.67. The molecule has 0 heterocycles. The van der Waals surface area contributed by atoms with Gasteiger partial charge < -0.3 is 5.11 Å². The van der Waals surface area contributed by atoms with Gasteiger partial charge in [-0.3, -0.25) is 0 Å². The second-order valence-corrected chi connectivity index (χ2v) is 10.1. The van der Waals surface area contributed by atoms with Crippen LogP contribution in [0.2, 0.25) is 0 Å². The van der Waals surface area contributed by atoms with Gasteiger partial charge in [-0.15, -0.1) is 0 Å². The minimum atomic E-state index is -0.894. The number of fused-ring (bicyclic) bond motifs is 1. The number of benzene rings is 1. The first-order chi connectivity index (χ1) is 13.0. The van der Waals surface area contributed by atoms with E-state index in [1.54, 1.807) is 0 Å². The molecule has 2 atom stereocenters. The average Bonchev–Trinajstić information content (AvgIpc) is 2.97. The molecule has 1 aromatic rings. The fraction of sp³-hybridized carbons (Fsp3) is 0.500. The second kappa shape index (κ2) is 7.39. The van der Waals surface area contributed by atoms with Gasteiger partial charge in [-0.2, -0.15) is 0 Å². The van der Waals surface area contributed by atoms with Crippen molar-refractivity contribution >= 4 is 5.97 Å². The lowest BCUT2D eigenvalue weighted by Gasteiger charge is -2.42. The van der Waals surface area contributed by atoms with E-state index in [0.717, 1.165) is 18.4 Å². The van der Waals surface area contributed by atoms with Crippen molar-refractivity contribution in [1.29, 1.82) is 0 Å². The maximum atomic E-state index is 10.9. The number of carboxylic acid groups (broad SMARTS) is 1. The van der Waals surface area contributed by atoms with Crippen molar-refractivity contribution in [3.8, 4) is 0 Å². The topological polar surface area (TPSA) is 37.3 Å². The maximum absolute atomic E-state index is 10.9. The molecule has 2 nitrogen and oxygen atoms in total. The van der Waals surface area contributed by atoms with E-state index in [0.29, 0.717) is 11.8 Å². The second-order valence-electron chi connectivity index (χ2n) is 10.1. The molecule has 0 amide bonds. The quantitative estimate of drug-likeness (QED) is 0.361. The highest BCUT2D eigenvalue weighted by Crippen LogP contribution is 2.49.